The van der Waals surface area contributed by atoms with Crippen LogP contribution >= 0.6 is 11.3 Å². The molecule has 0 aliphatic carbocycles. The summed E-state index contributed by atoms with van der Waals surface area (Å²) in [4.78, 5) is 18.5. The first kappa shape index (κ1) is 22.5. The van der Waals surface area contributed by atoms with E-state index in [-0.39, 0.29) is 5.91 Å². The van der Waals surface area contributed by atoms with Gasteiger partial charge in [0, 0.05) is 31.1 Å². The fourth-order valence-corrected chi connectivity index (χ4v) is 6.90. The Morgan fingerprint density at radius 1 is 0.829 bits per heavy atom. The van der Waals surface area contributed by atoms with Gasteiger partial charge in [0.1, 0.15) is 0 Å². The van der Waals surface area contributed by atoms with Crippen LogP contribution in [0, 0.1) is 5.92 Å². The molecule has 6 rings (SSSR count). The number of benzene rings is 3. The Balaban J connectivity index is 1.18. The van der Waals surface area contributed by atoms with Crippen LogP contribution in [-0.2, 0) is 0 Å². The Bertz CT molecular complexity index is 1270. The summed E-state index contributed by atoms with van der Waals surface area (Å²) in [6, 6.07) is 27.6. The van der Waals surface area contributed by atoms with Crippen LogP contribution in [0.1, 0.15) is 46.2 Å². The van der Waals surface area contributed by atoms with Crippen molar-refractivity contribution in [2.45, 2.75) is 24.7 Å². The molecule has 2 aliphatic heterocycles. The number of nitrogens with zero attached hydrogens (tertiary/aromatic N) is 2. The maximum atomic E-state index is 13.7. The van der Waals surface area contributed by atoms with E-state index in [9.17, 15) is 4.79 Å². The number of fused-ring (bicyclic) bond motifs is 1. The molecule has 0 unspecified atom stereocenters. The van der Waals surface area contributed by atoms with Gasteiger partial charge in [0.05, 0.1) is 0 Å². The molecule has 2 atom stereocenters. The number of carbonyl (C=O) groups is 1. The third kappa shape index (κ3) is 4.65. The van der Waals surface area contributed by atoms with Crippen LogP contribution in [0.25, 0.3) is 10.8 Å². The minimum absolute atomic E-state index is 0.173. The van der Waals surface area contributed by atoms with Crippen molar-refractivity contribution in [1.29, 1.82) is 0 Å². The number of hydrogen-bond donors (Lipinski definition) is 0. The third-order valence-electron chi connectivity index (χ3n) is 8.07. The second-order valence-electron chi connectivity index (χ2n) is 10.1. The van der Waals surface area contributed by atoms with Crippen LogP contribution in [0.4, 0.5) is 0 Å². The maximum Gasteiger partial charge on any atom is 0.254 e. The molecule has 2 fully saturated rings. The first-order chi connectivity index (χ1) is 17.3. The lowest BCUT2D eigenvalue weighted by Gasteiger charge is -2.34. The number of likely N-dealkylation sites (tertiary alicyclic amines) is 2. The second kappa shape index (κ2) is 9.96. The minimum Gasteiger partial charge on any atom is -0.338 e. The van der Waals surface area contributed by atoms with Crippen LogP contribution in [0.15, 0.2) is 89.6 Å². The summed E-state index contributed by atoms with van der Waals surface area (Å²) in [5, 5.41) is 6.64. The molecule has 0 bridgehead atoms. The lowest BCUT2D eigenvalue weighted by atomic mass is 9.87. The average molecular weight is 481 g/mol. The van der Waals surface area contributed by atoms with Crippen molar-refractivity contribution in [3.8, 4) is 0 Å². The molecule has 3 heterocycles. The van der Waals surface area contributed by atoms with Crippen molar-refractivity contribution >= 4 is 28.0 Å². The Morgan fingerprint density at radius 3 is 2.40 bits per heavy atom. The van der Waals surface area contributed by atoms with E-state index in [0.29, 0.717) is 17.8 Å². The largest absolute Gasteiger partial charge is 0.338 e. The first-order valence-corrected chi connectivity index (χ1v) is 13.8. The fraction of sp³-hybridized carbons (Fsp3) is 0.323. The van der Waals surface area contributed by atoms with Gasteiger partial charge in [-0.3, -0.25) is 4.79 Å². The van der Waals surface area contributed by atoms with Gasteiger partial charge in [0.25, 0.3) is 5.91 Å². The maximum absolute atomic E-state index is 13.7. The third-order valence-corrected chi connectivity index (χ3v) is 8.77. The molecule has 2 aliphatic rings. The lowest BCUT2D eigenvalue weighted by Crippen LogP contribution is -2.38. The van der Waals surface area contributed by atoms with Gasteiger partial charge in [0.2, 0.25) is 0 Å². The Kier molecular flexibility index (Phi) is 6.41. The molecular formula is C31H32N2OS. The van der Waals surface area contributed by atoms with Crippen LogP contribution in [-0.4, -0.2) is 48.4 Å². The molecule has 178 valence electrons. The summed E-state index contributed by atoms with van der Waals surface area (Å²) in [6.07, 6.45) is 2.44. The highest BCUT2D eigenvalue weighted by atomic mass is 32.1. The van der Waals surface area contributed by atoms with Crippen molar-refractivity contribution in [2.75, 3.05) is 32.7 Å². The zero-order valence-corrected chi connectivity index (χ0v) is 20.9. The lowest BCUT2D eigenvalue weighted by molar-refractivity contribution is 0.0783. The summed E-state index contributed by atoms with van der Waals surface area (Å²) < 4.78 is 0. The van der Waals surface area contributed by atoms with Gasteiger partial charge in [-0.25, -0.2) is 0 Å². The average Bonchev–Trinajstić information content (AvgIpc) is 3.59. The number of amides is 1. The molecule has 2 saturated heterocycles. The minimum atomic E-state index is 0.173. The molecule has 3 nitrogen and oxygen atoms in total. The predicted molar refractivity (Wildman–Crippen MR) is 145 cm³/mol. The fourth-order valence-electron chi connectivity index (χ4n) is 6.17. The molecule has 3 aromatic carbocycles. The molecule has 35 heavy (non-hydrogen) atoms. The molecule has 0 N–H and O–H groups in total. The molecular weight excluding hydrogens is 448 g/mol. The summed E-state index contributed by atoms with van der Waals surface area (Å²) in [6.45, 7) is 5.00. The van der Waals surface area contributed by atoms with E-state index in [1.807, 2.05) is 24.3 Å². The van der Waals surface area contributed by atoms with Crippen molar-refractivity contribution < 1.29 is 4.79 Å². The molecule has 0 spiro atoms. The summed E-state index contributed by atoms with van der Waals surface area (Å²) >= 11 is 1.76. The van der Waals surface area contributed by atoms with Crippen LogP contribution in [0.3, 0.4) is 0 Å². The van der Waals surface area contributed by atoms with E-state index in [4.69, 9.17) is 0 Å². The monoisotopic (exact) mass is 480 g/mol. The summed E-state index contributed by atoms with van der Waals surface area (Å²) in [7, 11) is 0. The highest BCUT2D eigenvalue weighted by Crippen LogP contribution is 2.37. The quantitative estimate of drug-likeness (QED) is 0.320. The predicted octanol–water partition coefficient (Wildman–Crippen LogP) is 6.64. The van der Waals surface area contributed by atoms with Crippen molar-refractivity contribution in [3.63, 3.8) is 0 Å². The van der Waals surface area contributed by atoms with Crippen LogP contribution < -0.4 is 0 Å². The van der Waals surface area contributed by atoms with Gasteiger partial charge >= 0.3 is 0 Å². The van der Waals surface area contributed by atoms with Gasteiger partial charge < -0.3 is 9.80 Å². The van der Waals surface area contributed by atoms with Gasteiger partial charge in [-0.2, -0.15) is 11.3 Å². The topological polar surface area (TPSA) is 23.6 Å². The summed E-state index contributed by atoms with van der Waals surface area (Å²) in [5.74, 6) is 1.73. The molecule has 0 radical (unpaired) electrons. The van der Waals surface area contributed by atoms with Crippen molar-refractivity contribution in [1.82, 2.24) is 9.80 Å². The van der Waals surface area contributed by atoms with E-state index in [2.05, 4.69) is 75.2 Å². The molecule has 4 heteroatoms. The molecule has 4 aromatic rings. The Morgan fingerprint density at radius 2 is 1.60 bits per heavy atom. The smallest absolute Gasteiger partial charge is 0.254 e. The number of hydrogen-bond acceptors (Lipinski definition) is 3. The first-order valence-electron chi connectivity index (χ1n) is 12.8. The van der Waals surface area contributed by atoms with E-state index >= 15 is 0 Å². The van der Waals surface area contributed by atoms with Gasteiger partial charge in [-0.1, -0.05) is 66.7 Å². The highest BCUT2D eigenvalue weighted by Gasteiger charge is 2.38. The van der Waals surface area contributed by atoms with Crippen LogP contribution in [0.5, 0.6) is 0 Å². The number of piperidine rings is 1. The van der Waals surface area contributed by atoms with E-state index in [0.717, 1.165) is 49.1 Å². The van der Waals surface area contributed by atoms with Gasteiger partial charge in [-0.15, -0.1) is 0 Å². The molecule has 0 saturated carbocycles. The van der Waals surface area contributed by atoms with Gasteiger partial charge in [-0.05, 0) is 82.6 Å². The van der Waals surface area contributed by atoms with Crippen molar-refractivity contribution in [2.24, 2.45) is 5.92 Å². The van der Waals surface area contributed by atoms with Crippen molar-refractivity contribution in [3.05, 3.63) is 106 Å². The van der Waals surface area contributed by atoms with Gasteiger partial charge in [0.15, 0.2) is 0 Å². The zero-order valence-electron chi connectivity index (χ0n) is 20.1. The number of carbonyl (C=O) groups excluding carboxylic acids is 1. The normalized spacial score (nSPS) is 21.5. The number of rotatable bonds is 5. The Hall–Kier alpha value is -2.95. The highest BCUT2D eigenvalue weighted by molar-refractivity contribution is 7.08. The van der Waals surface area contributed by atoms with E-state index in [1.54, 1.807) is 11.3 Å². The second-order valence-corrected chi connectivity index (χ2v) is 10.9. The van der Waals surface area contributed by atoms with E-state index < -0.39 is 0 Å². The SMILES string of the molecule is O=C(c1cccc2ccccc12)N1C[C@@H](CN2CCC(c3ccccc3)CC2)[C@H](c2ccsc2)C1. The Labute approximate surface area is 212 Å². The van der Waals surface area contributed by atoms with Crippen LogP contribution in [0.2, 0.25) is 0 Å². The molecule has 1 amide bonds. The summed E-state index contributed by atoms with van der Waals surface area (Å²) in [5.41, 5.74) is 3.71. The standard InChI is InChI=1S/C31H32N2OS/c34-31(29-12-6-10-25-9-4-5-11-28(25)29)33-20-27(30(21-33)26-15-18-35-22-26)19-32-16-13-24(14-17-32)23-7-2-1-3-8-23/h1-12,15,18,22,24,27,30H,13-14,16-17,19-21H2/t27-,30+/m1/s1. The molecule has 1 aromatic heterocycles. The van der Waals surface area contributed by atoms with E-state index in [1.165, 1.54) is 24.0 Å². The zero-order chi connectivity index (χ0) is 23.6. The number of thiophene rings is 1.